The number of Topliss-reactive ketones (excluding diaryl/α,β-unsaturated/α-hetero) is 2. The lowest BCUT2D eigenvalue weighted by Crippen LogP contribution is -2.47. The van der Waals surface area contributed by atoms with Gasteiger partial charge in [0.1, 0.15) is 36.0 Å². The van der Waals surface area contributed by atoms with E-state index in [1.54, 1.807) is 63.1 Å². The number of cyclic esters (lactones) is 2. The molecule has 0 bridgehead atoms. The van der Waals surface area contributed by atoms with E-state index in [-0.39, 0.29) is 73.5 Å². The van der Waals surface area contributed by atoms with Gasteiger partial charge in [-0.3, -0.25) is 28.8 Å². The van der Waals surface area contributed by atoms with E-state index in [0.717, 1.165) is 58.2 Å². The normalized spacial score (nSPS) is 32.4. The zero-order chi connectivity index (χ0) is 58.6. The van der Waals surface area contributed by atoms with Crippen LogP contribution in [-0.2, 0) is 57.2 Å². The average Bonchev–Trinajstić information content (AvgIpc) is 4.23. The van der Waals surface area contributed by atoms with Gasteiger partial charge in [-0.05, 0) is 101 Å². The Morgan fingerprint density at radius 3 is 1.36 bits per heavy atom. The maximum Gasteiger partial charge on any atom is 0.309 e. The molecule has 0 aromatic carbocycles. The third-order valence-electron chi connectivity index (χ3n) is 16.6. The first-order valence-electron chi connectivity index (χ1n) is 28.7. The average molecular weight is 1190 g/mol. The summed E-state index contributed by atoms with van der Waals surface area (Å²) in [5, 5.41) is 28.6. The van der Waals surface area contributed by atoms with Crippen LogP contribution in [0.5, 0.6) is 0 Å². The molecule has 4 aliphatic rings. The summed E-state index contributed by atoms with van der Waals surface area (Å²) < 4.78 is 36.3. The first-order chi connectivity index (χ1) is 37.7. The van der Waals surface area contributed by atoms with Crippen molar-refractivity contribution >= 4 is 91.9 Å². The summed E-state index contributed by atoms with van der Waals surface area (Å²) in [6, 6.07) is 0. The topological polar surface area (TPSA) is 231 Å². The number of epoxide rings is 2. The molecule has 4 aliphatic heterocycles. The maximum atomic E-state index is 14.2. The second kappa shape index (κ2) is 29.8. The van der Waals surface area contributed by atoms with Crippen LogP contribution in [0.25, 0.3) is 12.2 Å². The minimum atomic E-state index is -1.35. The second-order valence-electron chi connectivity index (χ2n) is 24.0. The molecule has 4 saturated heterocycles. The predicted molar refractivity (Wildman–Crippen MR) is 314 cm³/mol. The van der Waals surface area contributed by atoms with Gasteiger partial charge in [-0.15, -0.1) is 22.7 Å². The lowest BCUT2D eigenvalue weighted by atomic mass is 9.73. The molecule has 446 valence electrons. The molecule has 4 fully saturated rings. The molecule has 2 aromatic rings. The fourth-order valence-corrected chi connectivity index (χ4v) is 14.4. The highest BCUT2D eigenvalue weighted by Crippen LogP contribution is 2.40. The molecule has 14 atom stereocenters. The Hall–Kier alpha value is -3.50. The monoisotopic (exact) mass is 1190 g/mol. The number of esters is 4. The van der Waals surface area contributed by atoms with Gasteiger partial charge in [0.2, 0.25) is 0 Å². The number of aromatic nitrogens is 2. The first kappa shape index (κ1) is 65.7. The molecule has 2 aromatic heterocycles. The van der Waals surface area contributed by atoms with Crippen molar-refractivity contribution < 1.29 is 67.4 Å². The van der Waals surface area contributed by atoms with Gasteiger partial charge in [0.25, 0.3) is 0 Å². The first-order valence-corrected chi connectivity index (χ1v) is 33.0. The number of aliphatic hydroxyl groups excluding tert-OH is 2. The zero-order valence-electron chi connectivity index (χ0n) is 49.0. The summed E-state index contributed by atoms with van der Waals surface area (Å²) in [7, 11) is 3.18. The summed E-state index contributed by atoms with van der Waals surface area (Å²) in [6.45, 7) is 21.6. The Balaban J connectivity index is 0.953. The minimum absolute atomic E-state index is 0.00486. The Bertz CT molecular complexity index is 2340. The molecule has 0 aliphatic carbocycles. The van der Waals surface area contributed by atoms with Crippen molar-refractivity contribution in [2.24, 2.45) is 34.5 Å². The number of carbonyl (C=O) groups excluding carboxylic acids is 6. The van der Waals surface area contributed by atoms with Gasteiger partial charge in [0, 0.05) is 47.9 Å². The van der Waals surface area contributed by atoms with Crippen molar-refractivity contribution in [1.29, 1.82) is 0 Å². The van der Waals surface area contributed by atoms with Gasteiger partial charge in [0.15, 0.2) is 0 Å². The molecular formula is C60H88N2O14S4. The number of aliphatic hydroxyl groups is 2. The molecule has 6 rings (SSSR count). The largest absolute Gasteiger partial charge is 0.461 e. The number of hydrogen-bond acceptors (Lipinski definition) is 20. The Kier molecular flexibility index (Phi) is 24.5. The Morgan fingerprint density at radius 2 is 1.01 bits per heavy atom. The number of aryl methyl sites for hydroxylation is 2. The van der Waals surface area contributed by atoms with E-state index in [2.05, 4.69) is 9.97 Å². The maximum absolute atomic E-state index is 14.2. The van der Waals surface area contributed by atoms with Crippen LogP contribution in [0.15, 0.2) is 21.9 Å². The lowest BCUT2D eigenvalue weighted by Gasteiger charge is -2.36. The van der Waals surface area contributed by atoms with E-state index in [9.17, 15) is 39.0 Å². The van der Waals surface area contributed by atoms with Gasteiger partial charge in [-0.2, -0.15) is 0 Å². The van der Waals surface area contributed by atoms with Crippen molar-refractivity contribution in [2.75, 3.05) is 11.5 Å². The number of thiazole rings is 2. The highest BCUT2D eigenvalue weighted by molar-refractivity contribution is 8.76. The highest BCUT2D eigenvalue weighted by Gasteiger charge is 2.48. The van der Waals surface area contributed by atoms with E-state index < -0.39 is 83.2 Å². The predicted octanol–water partition coefficient (Wildman–Crippen LogP) is 11.2. The zero-order valence-corrected chi connectivity index (χ0v) is 52.3. The van der Waals surface area contributed by atoms with Crippen LogP contribution in [-0.4, -0.2) is 128 Å². The van der Waals surface area contributed by atoms with Crippen molar-refractivity contribution in [1.82, 2.24) is 9.97 Å². The Labute approximate surface area is 489 Å². The Morgan fingerprint density at radius 1 is 0.637 bits per heavy atom. The molecule has 80 heavy (non-hydrogen) atoms. The van der Waals surface area contributed by atoms with Gasteiger partial charge in [-0.25, -0.2) is 9.97 Å². The van der Waals surface area contributed by atoms with Gasteiger partial charge in [0.05, 0.1) is 93.5 Å². The summed E-state index contributed by atoms with van der Waals surface area (Å²) in [6.07, 6.45) is 4.26. The molecule has 0 radical (unpaired) electrons. The number of carbonyl (C=O) groups is 6. The van der Waals surface area contributed by atoms with Crippen LogP contribution >= 0.6 is 44.3 Å². The highest BCUT2D eigenvalue weighted by atomic mass is 33.1. The fraction of sp³-hybridized carbons (Fsp3) is 0.733. The molecule has 0 spiro atoms. The molecule has 0 unspecified atom stereocenters. The van der Waals surface area contributed by atoms with Crippen LogP contribution < -0.4 is 0 Å². The lowest BCUT2D eigenvalue weighted by molar-refractivity contribution is -0.163. The number of nitrogens with zero attached hydrogens (tertiary/aromatic N) is 2. The number of ketones is 2. The number of rotatable bonds is 15. The van der Waals surface area contributed by atoms with Crippen LogP contribution in [0.4, 0.5) is 0 Å². The standard InChI is InChI=1S/C60H88N2O14S4/c1-33-17-13-19-43-47(71-43)27-45(35(3)25-41-31-77-39(7)61-41)73-53(67)29-49(63)59(9,10)57(69)37(5)55(33)75-51(65)21-15-23-79-80-24-16-22-52(66)76-56-34(2)18-14-20-44-48(72-44)28-46(36(4)26-42-32-78-40(8)62-42)74-54(68)30-50(64)60(11,12)58(70)38(56)6/h25-26,31-34,37-38,43-50,55-56,63-64H,13-24,27-30H2,1-12H3/b35-25+,36-26+/t33-,34-,37+,38+,43+,44+,45-,46-,47-,48-,49-,50-,55-,56-/m0/s1. The molecule has 16 nitrogen and oxygen atoms in total. The number of ether oxygens (including phenoxy) is 6. The summed E-state index contributed by atoms with van der Waals surface area (Å²) >= 11 is 3.07. The van der Waals surface area contributed by atoms with Gasteiger partial charge in [-0.1, -0.05) is 89.8 Å². The minimum Gasteiger partial charge on any atom is -0.461 e. The third-order valence-corrected chi connectivity index (χ3v) is 20.7. The molecule has 0 saturated carbocycles. The van der Waals surface area contributed by atoms with Crippen molar-refractivity contribution in [3.8, 4) is 0 Å². The summed E-state index contributed by atoms with van der Waals surface area (Å²) in [4.78, 5) is 91.2. The smallest absolute Gasteiger partial charge is 0.309 e. The number of hydrogen-bond donors (Lipinski definition) is 2. The quantitative estimate of drug-likeness (QED) is 0.0555. The van der Waals surface area contributed by atoms with Crippen molar-refractivity contribution in [2.45, 2.75) is 234 Å². The molecular weight excluding hydrogens is 1100 g/mol. The number of fused-ring (bicyclic) bond motifs is 2. The summed E-state index contributed by atoms with van der Waals surface area (Å²) in [5.74, 6) is -3.25. The van der Waals surface area contributed by atoms with E-state index in [1.807, 2.05) is 64.5 Å². The second-order valence-corrected chi connectivity index (χ2v) is 28.8. The van der Waals surface area contributed by atoms with Crippen molar-refractivity contribution in [3.05, 3.63) is 43.3 Å². The third kappa shape index (κ3) is 19.0. The van der Waals surface area contributed by atoms with E-state index >= 15 is 0 Å². The van der Waals surface area contributed by atoms with E-state index in [4.69, 9.17) is 28.4 Å². The van der Waals surface area contributed by atoms with Crippen LogP contribution in [0.3, 0.4) is 0 Å². The van der Waals surface area contributed by atoms with Gasteiger partial charge < -0.3 is 38.6 Å². The van der Waals surface area contributed by atoms with Crippen LogP contribution in [0, 0.1) is 48.3 Å². The molecule has 20 heteroatoms. The SMILES string of the molecule is C/C(=C\c1csc(C)n1)[C@@H]1C[C@@H]2O[C@@H]2CCC[C@H](C)[C@H](OC(=O)CCCSSCCCC(=O)O[C@H]2[C@@H](C)CCC[C@H]3O[C@H]3C[C@@H](/C(C)=C/c3csc(C)n3)OC(=O)C[C@H](O)C(C)(C)C(=O)[C@@H]2C)[C@@H](C)C(=O)C(C)(C)[C@@H](O)CC(=O)O1. The van der Waals surface area contributed by atoms with Crippen LogP contribution in [0.2, 0.25) is 0 Å². The molecule has 2 N–H and O–H groups in total. The fourth-order valence-electron chi connectivity index (χ4n) is 11.1. The summed E-state index contributed by atoms with van der Waals surface area (Å²) in [5.41, 5.74) is 0.511. The van der Waals surface area contributed by atoms with Gasteiger partial charge >= 0.3 is 23.9 Å². The van der Waals surface area contributed by atoms with E-state index in [1.165, 1.54) is 22.7 Å². The molecule has 6 heterocycles. The van der Waals surface area contributed by atoms with Crippen molar-refractivity contribution in [3.63, 3.8) is 0 Å². The molecule has 0 amide bonds. The van der Waals surface area contributed by atoms with Crippen LogP contribution in [0.1, 0.15) is 181 Å². The van der Waals surface area contributed by atoms with E-state index in [0.29, 0.717) is 50.0 Å².